The molecule has 0 unspecified atom stereocenters. The molecule has 320 valence electrons. The molecular formula is C62H47BN2O2. The van der Waals surface area contributed by atoms with Crippen LogP contribution in [0.25, 0.3) is 66.1 Å². The molecule has 3 aliphatic rings. The fourth-order valence-electron chi connectivity index (χ4n) is 11.4. The van der Waals surface area contributed by atoms with Gasteiger partial charge in [-0.1, -0.05) is 164 Å². The molecule has 5 heteroatoms. The number of rotatable bonds is 5. The maximum absolute atomic E-state index is 6.43. The van der Waals surface area contributed by atoms with Gasteiger partial charge in [0.2, 0.25) is 0 Å². The molecular weight excluding hydrogens is 816 g/mol. The molecule has 0 saturated carbocycles. The van der Waals surface area contributed by atoms with Crippen LogP contribution in [-0.4, -0.2) is 23.3 Å². The summed E-state index contributed by atoms with van der Waals surface area (Å²) in [6.45, 7) is 8.32. The number of aromatic nitrogens is 1. The molecule has 3 heterocycles. The Balaban J connectivity index is 1.07. The van der Waals surface area contributed by atoms with Crippen molar-refractivity contribution in [3.63, 3.8) is 0 Å². The van der Waals surface area contributed by atoms with E-state index in [0.717, 1.165) is 22.4 Å². The topological polar surface area (TPSA) is 34.6 Å². The van der Waals surface area contributed by atoms with E-state index in [9.17, 15) is 0 Å². The Labute approximate surface area is 392 Å². The van der Waals surface area contributed by atoms with Gasteiger partial charge in [0.1, 0.15) is 0 Å². The van der Waals surface area contributed by atoms with Gasteiger partial charge in [-0.3, -0.25) is 4.98 Å². The van der Waals surface area contributed by atoms with Gasteiger partial charge in [0.05, 0.1) is 33.6 Å². The number of fused-ring (bicyclic) bond motifs is 11. The molecule has 0 radical (unpaired) electrons. The fourth-order valence-corrected chi connectivity index (χ4v) is 11.4. The molecule has 1 fully saturated rings. The van der Waals surface area contributed by atoms with Gasteiger partial charge in [-0.05, 0) is 153 Å². The number of nitrogens with zero attached hydrogens (tertiary/aromatic N) is 2. The zero-order valence-electron chi connectivity index (χ0n) is 38.0. The average molecular weight is 863 g/mol. The molecule has 9 aromatic carbocycles. The Bertz CT molecular complexity index is 3540. The molecule has 1 aliphatic carbocycles. The third-order valence-corrected chi connectivity index (χ3v) is 15.1. The van der Waals surface area contributed by atoms with Crippen molar-refractivity contribution in [3.8, 4) is 44.5 Å². The third kappa shape index (κ3) is 5.78. The zero-order valence-corrected chi connectivity index (χ0v) is 38.0. The minimum atomic E-state index is -0.578. The summed E-state index contributed by atoms with van der Waals surface area (Å²) < 4.78 is 12.9. The van der Waals surface area contributed by atoms with E-state index in [1.165, 1.54) is 88.6 Å². The highest BCUT2D eigenvalue weighted by Gasteiger charge is 2.53. The van der Waals surface area contributed by atoms with Gasteiger partial charge in [0.25, 0.3) is 0 Å². The Morgan fingerprint density at radius 2 is 0.925 bits per heavy atom. The third-order valence-electron chi connectivity index (χ3n) is 15.1. The first-order chi connectivity index (χ1) is 32.7. The summed E-state index contributed by atoms with van der Waals surface area (Å²) in [6, 6.07) is 76.1. The molecule has 13 rings (SSSR count). The van der Waals surface area contributed by atoms with E-state index in [1.54, 1.807) is 0 Å². The van der Waals surface area contributed by atoms with E-state index in [2.05, 4.69) is 239 Å². The summed E-state index contributed by atoms with van der Waals surface area (Å²) in [7, 11) is -0.540. The maximum atomic E-state index is 6.43. The van der Waals surface area contributed by atoms with Crippen LogP contribution in [0, 0.1) is 0 Å². The summed E-state index contributed by atoms with van der Waals surface area (Å²) in [6.07, 6.45) is 2.00. The molecule has 1 saturated heterocycles. The van der Waals surface area contributed by atoms with Gasteiger partial charge in [-0.15, -0.1) is 0 Å². The fraction of sp³-hybridized carbons (Fsp3) is 0.113. The van der Waals surface area contributed by atoms with Gasteiger partial charge in [0, 0.05) is 17.4 Å². The lowest BCUT2D eigenvalue weighted by atomic mass is 9.64. The second-order valence-electron chi connectivity index (χ2n) is 19.2. The average Bonchev–Trinajstić information content (AvgIpc) is 3.78. The number of para-hydroxylation sites is 3. The van der Waals surface area contributed by atoms with Crippen LogP contribution >= 0.6 is 0 Å². The van der Waals surface area contributed by atoms with Crippen molar-refractivity contribution in [1.29, 1.82) is 0 Å². The molecule has 0 N–H and O–H groups in total. The lowest BCUT2D eigenvalue weighted by Gasteiger charge is -2.45. The van der Waals surface area contributed by atoms with Crippen molar-refractivity contribution < 1.29 is 9.31 Å². The molecule has 0 amide bonds. The van der Waals surface area contributed by atoms with Crippen LogP contribution in [0.2, 0.25) is 0 Å². The van der Waals surface area contributed by atoms with Crippen LogP contribution in [-0.2, 0) is 14.7 Å². The van der Waals surface area contributed by atoms with Crippen LogP contribution in [0.5, 0.6) is 0 Å². The molecule has 0 bridgehead atoms. The normalized spacial score (nSPS) is 15.9. The summed E-state index contributed by atoms with van der Waals surface area (Å²) >= 11 is 0. The smallest absolute Gasteiger partial charge is 0.398 e. The number of hydrogen-bond acceptors (Lipinski definition) is 4. The maximum Gasteiger partial charge on any atom is 0.514 e. The van der Waals surface area contributed by atoms with Crippen molar-refractivity contribution in [2.24, 2.45) is 0 Å². The SMILES string of the molecule is CC1(C)OB(c2ccc(-c3c4ccccc4c(-c4ccc5c(c4)C4(c6ccccc6-5)c5ccccc5N(c5ccccc5)c5ccccc54)c4cc(-c5ccccc5)ccc34)cn2)OC1(C)C. The van der Waals surface area contributed by atoms with E-state index < -0.39 is 23.7 Å². The second kappa shape index (κ2) is 14.7. The van der Waals surface area contributed by atoms with Gasteiger partial charge >= 0.3 is 7.12 Å². The van der Waals surface area contributed by atoms with Crippen LogP contribution in [0.4, 0.5) is 17.1 Å². The Morgan fingerprint density at radius 3 is 1.58 bits per heavy atom. The summed E-state index contributed by atoms with van der Waals surface area (Å²) in [5.74, 6) is 0. The highest BCUT2D eigenvalue weighted by molar-refractivity contribution is 6.61. The van der Waals surface area contributed by atoms with Crippen molar-refractivity contribution in [2.45, 2.75) is 44.3 Å². The van der Waals surface area contributed by atoms with Crippen molar-refractivity contribution in [3.05, 3.63) is 235 Å². The lowest BCUT2D eigenvalue weighted by molar-refractivity contribution is 0.00578. The largest absolute Gasteiger partial charge is 0.514 e. The van der Waals surface area contributed by atoms with E-state index >= 15 is 0 Å². The predicted octanol–water partition coefficient (Wildman–Crippen LogP) is 14.8. The quantitative estimate of drug-likeness (QED) is 0.128. The van der Waals surface area contributed by atoms with E-state index in [0.29, 0.717) is 0 Å². The number of anilines is 3. The Hall–Kier alpha value is -7.57. The molecule has 10 aromatic rings. The summed E-state index contributed by atoms with van der Waals surface area (Å²) in [4.78, 5) is 7.49. The van der Waals surface area contributed by atoms with Crippen LogP contribution in [0.15, 0.2) is 212 Å². The predicted molar refractivity (Wildman–Crippen MR) is 277 cm³/mol. The standard InChI is InChI=1S/C62H47BN2O2/c1-60(2)61(3,4)67-63(66-60)57-36-33-43(39-64-57)59-48-25-12-11-24-47(48)58(50-37-41(31-35-49(50)59)40-19-7-5-8-20-40)42-32-34-46-45-23-13-14-26-51(45)62(54(46)38-42)52-27-15-17-29-55(52)65(44-21-9-6-10-22-44)56-30-18-16-28-53(56)62/h5-39H,1-4H3. The van der Waals surface area contributed by atoms with Crippen LogP contribution in [0.1, 0.15) is 49.9 Å². The van der Waals surface area contributed by atoms with E-state index in [1.807, 2.05) is 6.20 Å². The Morgan fingerprint density at radius 1 is 0.403 bits per heavy atom. The first-order valence-electron chi connectivity index (χ1n) is 23.4. The monoisotopic (exact) mass is 862 g/mol. The van der Waals surface area contributed by atoms with Crippen LogP contribution < -0.4 is 10.5 Å². The van der Waals surface area contributed by atoms with E-state index in [4.69, 9.17) is 14.3 Å². The molecule has 1 aromatic heterocycles. The number of benzene rings is 9. The minimum Gasteiger partial charge on any atom is -0.398 e. The van der Waals surface area contributed by atoms with Crippen molar-refractivity contribution >= 4 is 51.3 Å². The molecule has 1 spiro atoms. The van der Waals surface area contributed by atoms with E-state index in [-0.39, 0.29) is 0 Å². The minimum absolute atomic E-state index is 0.455. The van der Waals surface area contributed by atoms with Gasteiger partial charge in [-0.2, -0.15) is 0 Å². The summed E-state index contributed by atoms with van der Waals surface area (Å²) in [5.41, 5.74) is 17.4. The zero-order chi connectivity index (χ0) is 45.1. The van der Waals surface area contributed by atoms with Crippen molar-refractivity contribution in [1.82, 2.24) is 4.98 Å². The number of pyridine rings is 1. The first kappa shape index (κ1) is 39.8. The van der Waals surface area contributed by atoms with Gasteiger partial charge in [0.15, 0.2) is 0 Å². The van der Waals surface area contributed by atoms with Crippen LogP contribution in [0.3, 0.4) is 0 Å². The van der Waals surface area contributed by atoms with Gasteiger partial charge < -0.3 is 14.2 Å². The first-order valence-corrected chi connectivity index (χ1v) is 23.4. The number of hydrogen-bond donors (Lipinski definition) is 0. The summed E-state index contributed by atoms with van der Waals surface area (Å²) in [5, 5.41) is 4.72. The van der Waals surface area contributed by atoms with Gasteiger partial charge in [-0.25, -0.2) is 0 Å². The molecule has 2 aliphatic heterocycles. The highest BCUT2D eigenvalue weighted by Crippen LogP contribution is 2.64. The lowest BCUT2D eigenvalue weighted by Crippen LogP contribution is -2.41. The second-order valence-corrected chi connectivity index (χ2v) is 19.2. The highest BCUT2D eigenvalue weighted by atomic mass is 16.7. The van der Waals surface area contributed by atoms with Crippen molar-refractivity contribution in [2.75, 3.05) is 4.90 Å². The molecule has 67 heavy (non-hydrogen) atoms. The molecule has 0 atom stereocenters. The molecule has 4 nitrogen and oxygen atoms in total. The Kier molecular flexibility index (Phi) is 8.74.